The highest BCUT2D eigenvalue weighted by Crippen LogP contribution is 2.22. The number of unbranched alkanes of at least 4 members (excludes halogenated alkanes) is 14. The fourth-order valence-electron chi connectivity index (χ4n) is 6.80. The van der Waals surface area contributed by atoms with Crippen LogP contribution in [0, 0.1) is 0 Å². The number of carbonyl (C=O) groups is 1. The van der Waals surface area contributed by atoms with Gasteiger partial charge in [-0.15, -0.1) is 0 Å². The van der Waals surface area contributed by atoms with Crippen LogP contribution in [0.15, 0.2) is 0 Å². The van der Waals surface area contributed by atoms with E-state index in [9.17, 15) is 15.0 Å². The molecule has 0 radical (unpaired) electrons. The Morgan fingerprint density at radius 1 is 0.667 bits per heavy atom. The summed E-state index contributed by atoms with van der Waals surface area (Å²) in [7, 11) is 0. The fraction of sp³-hybridized carbons (Fsp3) is 0.974. The lowest BCUT2D eigenvalue weighted by molar-refractivity contribution is -0.121. The van der Waals surface area contributed by atoms with Gasteiger partial charge >= 0.3 is 0 Å². The van der Waals surface area contributed by atoms with Crippen LogP contribution < -0.4 is 10.6 Å². The van der Waals surface area contributed by atoms with E-state index >= 15 is 0 Å². The lowest BCUT2D eigenvalue weighted by Gasteiger charge is -2.35. The minimum atomic E-state index is -0.373. The molecule has 0 saturated heterocycles. The summed E-state index contributed by atoms with van der Waals surface area (Å²) >= 11 is 0. The number of carbonyl (C=O) groups excluding carboxylic acids is 1. The molecule has 0 aromatic rings. The Morgan fingerprint density at radius 3 is 1.89 bits per heavy atom. The summed E-state index contributed by atoms with van der Waals surface area (Å²) in [6.07, 6.45) is 29.5. The normalized spacial score (nSPS) is 14.9. The number of aliphatic hydroxyl groups is 2. The van der Waals surface area contributed by atoms with E-state index in [-0.39, 0.29) is 18.7 Å². The first-order chi connectivity index (χ1) is 22.1. The van der Waals surface area contributed by atoms with Gasteiger partial charge in [0, 0.05) is 38.6 Å². The smallest absolute Gasteiger partial charge is 0.219 e. The monoisotopic (exact) mass is 639 g/mol. The largest absolute Gasteiger partial charge is 0.395 e. The molecule has 1 unspecified atom stereocenters. The molecule has 0 aromatic carbocycles. The van der Waals surface area contributed by atoms with Crippen molar-refractivity contribution in [1.82, 2.24) is 20.4 Å². The zero-order chi connectivity index (χ0) is 32.6. The Hall–Kier alpha value is -0.730. The van der Waals surface area contributed by atoms with Crippen molar-refractivity contribution in [2.75, 3.05) is 52.4 Å². The molecule has 1 amide bonds. The summed E-state index contributed by atoms with van der Waals surface area (Å²) in [6.45, 7) is 11.5. The van der Waals surface area contributed by atoms with Gasteiger partial charge in [-0.3, -0.25) is 15.0 Å². The Kier molecular flexibility index (Phi) is 29.9. The van der Waals surface area contributed by atoms with Gasteiger partial charge in [-0.2, -0.15) is 0 Å². The third kappa shape index (κ3) is 26.0. The molecule has 1 aliphatic rings. The molecule has 0 spiro atoms. The SMILES string of the molecule is CCCCCCCCNC(=O)CCCCCN(CCCCCC(O)NCCCCCCCC)CCN(CCO)C1CCCCC1. The molecular weight excluding hydrogens is 560 g/mol. The van der Waals surface area contributed by atoms with Gasteiger partial charge < -0.3 is 20.4 Å². The number of aliphatic hydroxyl groups excluding tert-OH is 2. The van der Waals surface area contributed by atoms with Gasteiger partial charge in [0.05, 0.1) is 6.61 Å². The highest BCUT2D eigenvalue weighted by molar-refractivity contribution is 5.75. The number of nitrogens with one attached hydrogen (secondary N) is 2. The Bertz CT molecular complexity index is 632. The lowest BCUT2D eigenvalue weighted by atomic mass is 9.94. The van der Waals surface area contributed by atoms with E-state index in [1.807, 2.05) is 0 Å². The van der Waals surface area contributed by atoms with E-state index in [0.717, 1.165) is 104 Å². The standard InChI is InChI=1S/C38H78N4O3/c1-3-5-7-9-11-20-28-39-37(44)26-18-14-22-30-41(32-33-42(34-35-43)36-24-16-13-17-25-36)31-23-15-19-27-38(45)40-29-21-12-10-8-6-4-2/h36-37,39,43-44H,3-35H2,1-2H3,(H,40,45). The maximum Gasteiger partial charge on any atom is 0.219 e. The van der Waals surface area contributed by atoms with Gasteiger partial charge in [-0.1, -0.05) is 110 Å². The number of rotatable bonds is 33. The van der Waals surface area contributed by atoms with Crippen molar-refractivity contribution in [3.63, 3.8) is 0 Å². The van der Waals surface area contributed by atoms with Crippen molar-refractivity contribution in [2.24, 2.45) is 0 Å². The Balaban J connectivity index is 2.31. The van der Waals surface area contributed by atoms with Crippen LogP contribution >= 0.6 is 0 Å². The van der Waals surface area contributed by atoms with Crippen molar-refractivity contribution in [2.45, 2.75) is 187 Å². The van der Waals surface area contributed by atoms with Crippen LogP contribution in [0.3, 0.4) is 0 Å². The molecule has 0 aliphatic heterocycles. The molecule has 7 nitrogen and oxygen atoms in total. The van der Waals surface area contributed by atoms with Crippen LogP contribution in [0.4, 0.5) is 0 Å². The van der Waals surface area contributed by atoms with Crippen LogP contribution in [0.5, 0.6) is 0 Å². The van der Waals surface area contributed by atoms with Crippen LogP contribution in [0.2, 0.25) is 0 Å². The molecule has 1 rings (SSSR count). The van der Waals surface area contributed by atoms with Crippen molar-refractivity contribution >= 4 is 5.91 Å². The predicted molar refractivity (Wildman–Crippen MR) is 193 cm³/mol. The maximum absolute atomic E-state index is 12.3. The summed E-state index contributed by atoms with van der Waals surface area (Å²) in [6, 6.07) is 0.632. The second-order valence-corrected chi connectivity index (χ2v) is 13.9. The summed E-state index contributed by atoms with van der Waals surface area (Å²) in [5, 5.41) is 26.5. The van der Waals surface area contributed by atoms with Gasteiger partial charge in [0.1, 0.15) is 6.23 Å². The lowest BCUT2D eigenvalue weighted by Crippen LogP contribution is -2.43. The first kappa shape index (κ1) is 42.3. The average Bonchev–Trinajstić information content (AvgIpc) is 3.05. The van der Waals surface area contributed by atoms with Crippen molar-refractivity contribution in [1.29, 1.82) is 0 Å². The maximum atomic E-state index is 12.3. The van der Waals surface area contributed by atoms with E-state index in [2.05, 4.69) is 34.3 Å². The van der Waals surface area contributed by atoms with Crippen LogP contribution in [-0.2, 0) is 4.79 Å². The van der Waals surface area contributed by atoms with Crippen molar-refractivity contribution in [3.05, 3.63) is 0 Å². The molecule has 268 valence electrons. The molecular formula is C38H78N4O3. The van der Waals surface area contributed by atoms with E-state index in [1.54, 1.807) is 0 Å². The topological polar surface area (TPSA) is 88.1 Å². The van der Waals surface area contributed by atoms with Crippen LogP contribution in [0.25, 0.3) is 0 Å². The van der Waals surface area contributed by atoms with Gasteiger partial charge in [-0.05, 0) is 77.4 Å². The molecule has 45 heavy (non-hydrogen) atoms. The highest BCUT2D eigenvalue weighted by Gasteiger charge is 2.21. The molecule has 0 aromatic heterocycles. The van der Waals surface area contributed by atoms with Crippen molar-refractivity contribution < 1.29 is 15.0 Å². The van der Waals surface area contributed by atoms with E-state index in [1.165, 1.54) is 96.3 Å². The van der Waals surface area contributed by atoms with Gasteiger partial charge in [-0.25, -0.2) is 0 Å². The minimum absolute atomic E-state index is 0.219. The van der Waals surface area contributed by atoms with E-state index in [4.69, 9.17) is 0 Å². The number of hydrogen-bond acceptors (Lipinski definition) is 6. The first-order valence-electron chi connectivity index (χ1n) is 19.9. The zero-order valence-corrected chi connectivity index (χ0v) is 30.2. The van der Waals surface area contributed by atoms with Crippen molar-refractivity contribution in [3.8, 4) is 0 Å². The second-order valence-electron chi connectivity index (χ2n) is 13.9. The minimum Gasteiger partial charge on any atom is -0.395 e. The van der Waals surface area contributed by atoms with Crippen LogP contribution in [0.1, 0.15) is 174 Å². The number of nitrogens with zero attached hydrogens (tertiary/aromatic N) is 2. The summed E-state index contributed by atoms with van der Waals surface area (Å²) in [4.78, 5) is 17.4. The molecule has 1 atom stereocenters. The molecule has 7 heteroatoms. The summed E-state index contributed by atoms with van der Waals surface area (Å²) in [5.74, 6) is 0.219. The molecule has 1 fully saturated rings. The Labute approximate surface area is 280 Å². The quantitative estimate of drug-likeness (QED) is 0.0434. The predicted octanol–water partition coefficient (Wildman–Crippen LogP) is 7.78. The summed E-state index contributed by atoms with van der Waals surface area (Å²) < 4.78 is 0. The average molecular weight is 639 g/mol. The van der Waals surface area contributed by atoms with E-state index < -0.39 is 0 Å². The van der Waals surface area contributed by atoms with Gasteiger partial charge in [0.2, 0.25) is 5.91 Å². The molecule has 0 heterocycles. The Morgan fingerprint density at radius 2 is 1.24 bits per heavy atom. The zero-order valence-electron chi connectivity index (χ0n) is 30.2. The first-order valence-corrected chi connectivity index (χ1v) is 19.9. The highest BCUT2D eigenvalue weighted by atomic mass is 16.3. The summed E-state index contributed by atoms with van der Waals surface area (Å²) in [5.41, 5.74) is 0. The van der Waals surface area contributed by atoms with E-state index in [0.29, 0.717) is 12.5 Å². The third-order valence-electron chi connectivity index (χ3n) is 9.77. The number of amides is 1. The molecule has 0 bridgehead atoms. The number of hydrogen-bond donors (Lipinski definition) is 4. The fourth-order valence-corrected chi connectivity index (χ4v) is 6.80. The molecule has 4 N–H and O–H groups in total. The second kappa shape index (κ2) is 31.8. The third-order valence-corrected chi connectivity index (χ3v) is 9.77. The van der Waals surface area contributed by atoms with Crippen LogP contribution in [-0.4, -0.2) is 90.6 Å². The molecule has 1 aliphatic carbocycles. The molecule has 1 saturated carbocycles. The van der Waals surface area contributed by atoms with Gasteiger partial charge in [0.15, 0.2) is 0 Å². The van der Waals surface area contributed by atoms with Gasteiger partial charge in [0.25, 0.3) is 0 Å².